The average molecular weight is 283 g/mol. The van der Waals surface area contributed by atoms with Gasteiger partial charge in [0.2, 0.25) is 0 Å². The molecule has 0 radical (unpaired) electrons. The second-order valence-corrected chi connectivity index (χ2v) is 5.08. The van der Waals surface area contributed by atoms with Crippen molar-refractivity contribution in [3.8, 4) is 11.5 Å². The van der Waals surface area contributed by atoms with Crippen LogP contribution in [0.25, 0.3) is 0 Å². The molecule has 0 bridgehead atoms. The van der Waals surface area contributed by atoms with E-state index >= 15 is 0 Å². The number of methoxy groups -OCH3 is 1. The molecule has 0 aliphatic carbocycles. The lowest BCUT2D eigenvalue weighted by Gasteiger charge is -2.11. The lowest BCUT2D eigenvalue weighted by Crippen LogP contribution is -2.02. The van der Waals surface area contributed by atoms with Crippen LogP contribution in [0.15, 0.2) is 35.7 Å². The molecule has 2 rings (SSSR count). The van der Waals surface area contributed by atoms with E-state index in [2.05, 4.69) is 17.5 Å². The maximum Gasteiger partial charge on any atom is 0.127 e. The molecular weight excluding hydrogens is 268 g/mol. The Hall–Kier alpha value is -1.19. The Labute approximate surface area is 116 Å². The fourth-order valence-electron chi connectivity index (χ4n) is 1.62. The number of hydrogen-bond acceptors (Lipinski definition) is 3. The van der Waals surface area contributed by atoms with Crippen molar-refractivity contribution in [1.82, 2.24) is 0 Å². The second-order valence-electron chi connectivity index (χ2n) is 3.79. The van der Waals surface area contributed by atoms with Gasteiger partial charge in [-0.25, -0.2) is 0 Å². The third-order valence-electron chi connectivity index (χ3n) is 2.60. The first-order valence-corrected chi connectivity index (χ1v) is 7.13. The standard InChI is InChI=1S/C14H15ClO2S/c1-16-12-5-4-11(10-15)14(9-12)17-7-6-13-3-2-8-18-13/h2-5,8-9H,6-7,10H2,1H3. The van der Waals surface area contributed by atoms with Gasteiger partial charge in [-0.2, -0.15) is 0 Å². The molecule has 0 saturated carbocycles. The van der Waals surface area contributed by atoms with Crippen LogP contribution in [-0.4, -0.2) is 13.7 Å². The number of alkyl halides is 1. The molecule has 0 aliphatic heterocycles. The molecule has 1 aromatic carbocycles. The third-order valence-corrected chi connectivity index (χ3v) is 3.83. The Morgan fingerprint density at radius 3 is 2.83 bits per heavy atom. The molecule has 1 aromatic heterocycles. The second kappa shape index (κ2) is 6.66. The summed E-state index contributed by atoms with van der Waals surface area (Å²) in [4.78, 5) is 1.32. The van der Waals surface area contributed by atoms with Gasteiger partial charge in [0.05, 0.1) is 19.6 Å². The first-order chi connectivity index (χ1) is 8.83. The predicted molar refractivity (Wildman–Crippen MR) is 76.1 cm³/mol. The summed E-state index contributed by atoms with van der Waals surface area (Å²) < 4.78 is 11.0. The van der Waals surface area contributed by atoms with Gasteiger partial charge in [0.1, 0.15) is 11.5 Å². The number of rotatable bonds is 6. The van der Waals surface area contributed by atoms with E-state index in [1.807, 2.05) is 18.2 Å². The average Bonchev–Trinajstić information content (AvgIpc) is 2.92. The maximum absolute atomic E-state index is 5.89. The van der Waals surface area contributed by atoms with E-state index in [0.717, 1.165) is 23.5 Å². The molecule has 0 amide bonds. The summed E-state index contributed by atoms with van der Waals surface area (Å²) in [6.45, 7) is 0.650. The van der Waals surface area contributed by atoms with Gasteiger partial charge >= 0.3 is 0 Å². The summed E-state index contributed by atoms with van der Waals surface area (Å²) in [5.41, 5.74) is 0.989. The molecule has 0 spiro atoms. The SMILES string of the molecule is COc1ccc(CCl)c(OCCc2cccs2)c1. The zero-order valence-electron chi connectivity index (χ0n) is 10.2. The highest BCUT2D eigenvalue weighted by atomic mass is 35.5. The van der Waals surface area contributed by atoms with Crippen molar-refractivity contribution in [2.45, 2.75) is 12.3 Å². The predicted octanol–water partition coefficient (Wildman–Crippen LogP) is 4.12. The van der Waals surface area contributed by atoms with E-state index in [9.17, 15) is 0 Å². The van der Waals surface area contributed by atoms with Crippen LogP contribution in [0, 0.1) is 0 Å². The highest BCUT2D eigenvalue weighted by molar-refractivity contribution is 7.09. The van der Waals surface area contributed by atoms with Crippen LogP contribution >= 0.6 is 22.9 Å². The molecule has 2 nitrogen and oxygen atoms in total. The lowest BCUT2D eigenvalue weighted by molar-refractivity contribution is 0.317. The first-order valence-electron chi connectivity index (χ1n) is 5.71. The molecule has 0 saturated heterocycles. The van der Waals surface area contributed by atoms with Gasteiger partial charge in [-0.15, -0.1) is 22.9 Å². The Kier molecular flexibility index (Phi) is 4.90. The molecule has 0 atom stereocenters. The van der Waals surface area contributed by atoms with Gasteiger partial charge < -0.3 is 9.47 Å². The quantitative estimate of drug-likeness (QED) is 0.742. The highest BCUT2D eigenvalue weighted by Gasteiger charge is 2.05. The van der Waals surface area contributed by atoms with Crippen LogP contribution in [0.2, 0.25) is 0 Å². The fraction of sp³-hybridized carbons (Fsp3) is 0.286. The van der Waals surface area contributed by atoms with Crippen LogP contribution < -0.4 is 9.47 Å². The molecular formula is C14H15ClO2S. The van der Waals surface area contributed by atoms with Gasteiger partial charge in [0.15, 0.2) is 0 Å². The van der Waals surface area contributed by atoms with Crippen LogP contribution in [0.4, 0.5) is 0 Å². The molecule has 96 valence electrons. The summed E-state index contributed by atoms with van der Waals surface area (Å²) >= 11 is 7.63. The molecule has 2 aromatic rings. The van der Waals surface area contributed by atoms with Crippen LogP contribution in [0.5, 0.6) is 11.5 Å². The molecule has 0 N–H and O–H groups in total. The third kappa shape index (κ3) is 3.40. The normalized spacial score (nSPS) is 10.3. The zero-order valence-corrected chi connectivity index (χ0v) is 11.8. The first kappa shape index (κ1) is 13.2. The number of hydrogen-bond donors (Lipinski definition) is 0. The van der Waals surface area contributed by atoms with Gasteiger partial charge in [0.25, 0.3) is 0 Å². The number of benzene rings is 1. The van der Waals surface area contributed by atoms with Crippen LogP contribution in [0.3, 0.4) is 0 Å². The monoisotopic (exact) mass is 282 g/mol. The molecule has 18 heavy (non-hydrogen) atoms. The van der Waals surface area contributed by atoms with E-state index < -0.39 is 0 Å². The maximum atomic E-state index is 5.89. The largest absolute Gasteiger partial charge is 0.497 e. The summed E-state index contributed by atoms with van der Waals surface area (Å²) in [6.07, 6.45) is 0.913. The molecule has 1 heterocycles. The lowest BCUT2D eigenvalue weighted by atomic mass is 10.2. The summed E-state index contributed by atoms with van der Waals surface area (Å²) in [5.74, 6) is 2.04. The zero-order chi connectivity index (χ0) is 12.8. The van der Waals surface area contributed by atoms with Gasteiger partial charge in [0, 0.05) is 22.9 Å². The van der Waals surface area contributed by atoms with E-state index in [1.165, 1.54) is 4.88 Å². The molecule has 4 heteroatoms. The smallest absolute Gasteiger partial charge is 0.127 e. The minimum atomic E-state index is 0.443. The highest BCUT2D eigenvalue weighted by Crippen LogP contribution is 2.26. The van der Waals surface area contributed by atoms with Crippen molar-refractivity contribution in [2.24, 2.45) is 0 Å². The van der Waals surface area contributed by atoms with Crippen molar-refractivity contribution in [2.75, 3.05) is 13.7 Å². The van der Waals surface area contributed by atoms with Crippen molar-refractivity contribution in [3.63, 3.8) is 0 Å². The minimum Gasteiger partial charge on any atom is -0.497 e. The van der Waals surface area contributed by atoms with Crippen LogP contribution in [0.1, 0.15) is 10.4 Å². The fourth-order valence-corrected chi connectivity index (χ4v) is 2.53. The minimum absolute atomic E-state index is 0.443. The Balaban J connectivity index is 1.98. The van der Waals surface area contributed by atoms with Gasteiger partial charge in [-0.3, -0.25) is 0 Å². The van der Waals surface area contributed by atoms with E-state index in [4.69, 9.17) is 21.1 Å². The molecule has 0 fully saturated rings. The van der Waals surface area contributed by atoms with Crippen LogP contribution in [-0.2, 0) is 12.3 Å². The van der Waals surface area contributed by atoms with Gasteiger partial charge in [-0.1, -0.05) is 12.1 Å². The van der Waals surface area contributed by atoms with Crippen molar-refractivity contribution < 1.29 is 9.47 Å². The van der Waals surface area contributed by atoms with E-state index in [-0.39, 0.29) is 0 Å². The Bertz CT molecular complexity index is 483. The molecule has 0 aliphatic rings. The van der Waals surface area contributed by atoms with E-state index in [0.29, 0.717) is 12.5 Å². The topological polar surface area (TPSA) is 18.5 Å². The van der Waals surface area contributed by atoms with Crippen molar-refractivity contribution in [3.05, 3.63) is 46.2 Å². The number of halogens is 1. The number of ether oxygens (including phenoxy) is 2. The van der Waals surface area contributed by atoms with E-state index in [1.54, 1.807) is 18.4 Å². The van der Waals surface area contributed by atoms with Gasteiger partial charge in [-0.05, 0) is 17.5 Å². The Morgan fingerprint density at radius 2 is 2.17 bits per heavy atom. The van der Waals surface area contributed by atoms with Crippen molar-refractivity contribution in [1.29, 1.82) is 0 Å². The summed E-state index contributed by atoms with van der Waals surface area (Å²) in [5, 5.41) is 2.07. The Morgan fingerprint density at radius 1 is 1.28 bits per heavy atom. The summed E-state index contributed by atoms with van der Waals surface area (Å²) in [6, 6.07) is 9.88. The number of thiophene rings is 1. The van der Waals surface area contributed by atoms with Crippen molar-refractivity contribution >= 4 is 22.9 Å². The molecule has 0 unspecified atom stereocenters. The summed E-state index contributed by atoms with van der Waals surface area (Å²) in [7, 11) is 1.64.